The van der Waals surface area contributed by atoms with Crippen molar-refractivity contribution < 1.29 is 9.18 Å². The molecule has 0 N–H and O–H groups in total. The molecule has 0 atom stereocenters. The van der Waals surface area contributed by atoms with Gasteiger partial charge in [0.05, 0.1) is 0 Å². The minimum absolute atomic E-state index is 0.00193. The molecule has 0 aromatic heterocycles. The first-order valence-electron chi connectivity index (χ1n) is 3.93. The predicted molar refractivity (Wildman–Crippen MR) is 55.0 cm³/mol. The second-order valence-corrected chi connectivity index (χ2v) is 4.08. The molecule has 1 fully saturated rings. The fraction of sp³-hybridized carbons (Fsp3) is 0.222. The number of carbonyl (C=O) groups is 1. The van der Waals surface area contributed by atoms with E-state index < -0.39 is 0 Å². The van der Waals surface area contributed by atoms with Gasteiger partial charge in [0.1, 0.15) is 5.82 Å². The molecule has 0 unspecified atom stereocenters. The molecule has 0 saturated carbocycles. The van der Waals surface area contributed by atoms with Crippen molar-refractivity contribution in [3.63, 3.8) is 0 Å². The number of amides is 1. The zero-order chi connectivity index (χ0) is 9.42. The van der Waals surface area contributed by atoms with Crippen LogP contribution in [0.2, 0.25) is 0 Å². The van der Waals surface area contributed by atoms with E-state index in [0.717, 1.165) is 13.1 Å². The zero-order valence-corrected chi connectivity index (χ0v) is 8.92. The van der Waals surface area contributed by atoms with Crippen molar-refractivity contribution in [1.82, 2.24) is 4.90 Å². The van der Waals surface area contributed by atoms with Crippen LogP contribution in [0.5, 0.6) is 0 Å². The summed E-state index contributed by atoms with van der Waals surface area (Å²) < 4.78 is 13.3. The average molecular weight is 291 g/mol. The Balaban J connectivity index is 2.30. The molecule has 1 amide bonds. The highest BCUT2D eigenvalue weighted by Crippen LogP contribution is 2.16. The lowest BCUT2D eigenvalue weighted by molar-refractivity contribution is 0.0885. The summed E-state index contributed by atoms with van der Waals surface area (Å²) >= 11 is 1.88. The van der Waals surface area contributed by atoms with Crippen LogP contribution in [0.4, 0.5) is 4.39 Å². The van der Waals surface area contributed by atoms with Gasteiger partial charge >= 0.3 is 0 Å². The van der Waals surface area contributed by atoms with Gasteiger partial charge in [-0.05, 0) is 40.8 Å². The maximum Gasteiger partial charge on any atom is 0.254 e. The molecular formula is C9H7FINO. The highest BCUT2D eigenvalue weighted by atomic mass is 127. The molecule has 2 nitrogen and oxygen atoms in total. The Morgan fingerprint density at radius 1 is 1.46 bits per heavy atom. The Morgan fingerprint density at radius 2 is 2.15 bits per heavy atom. The SMILES string of the molecule is O=C(c1ccc(F)c(I)c1)N1CC1. The largest absolute Gasteiger partial charge is 0.335 e. The molecule has 13 heavy (non-hydrogen) atoms. The van der Waals surface area contributed by atoms with E-state index in [1.807, 2.05) is 22.6 Å². The van der Waals surface area contributed by atoms with Crippen LogP contribution >= 0.6 is 22.6 Å². The number of nitrogens with zero attached hydrogens (tertiary/aromatic N) is 1. The highest BCUT2D eigenvalue weighted by Gasteiger charge is 2.25. The number of rotatable bonds is 1. The van der Waals surface area contributed by atoms with Crippen LogP contribution in [0.25, 0.3) is 0 Å². The third kappa shape index (κ3) is 1.82. The maximum atomic E-state index is 12.8. The number of carbonyl (C=O) groups excluding carboxylic acids is 1. The fourth-order valence-corrected chi connectivity index (χ4v) is 1.58. The molecular weight excluding hydrogens is 284 g/mol. The van der Waals surface area contributed by atoms with Crippen LogP contribution in [-0.4, -0.2) is 23.9 Å². The van der Waals surface area contributed by atoms with Crippen LogP contribution < -0.4 is 0 Å². The van der Waals surface area contributed by atoms with Gasteiger partial charge in [0.2, 0.25) is 0 Å². The minimum Gasteiger partial charge on any atom is -0.335 e. The van der Waals surface area contributed by atoms with Gasteiger partial charge < -0.3 is 4.90 Å². The second kappa shape index (κ2) is 3.25. The quantitative estimate of drug-likeness (QED) is 0.571. The van der Waals surface area contributed by atoms with E-state index in [1.165, 1.54) is 12.1 Å². The summed E-state index contributed by atoms with van der Waals surface area (Å²) in [5.41, 5.74) is 0.573. The smallest absolute Gasteiger partial charge is 0.254 e. The van der Waals surface area contributed by atoms with Gasteiger partial charge in [-0.1, -0.05) is 0 Å². The van der Waals surface area contributed by atoms with E-state index in [1.54, 1.807) is 11.0 Å². The van der Waals surface area contributed by atoms with Gasteiger partial charge in [0.15, 0.2) is 0 Å². The molecule has 1 saturated heterocycles. The van der Waals surface area contributed by atoms with Crippen molar-refractivity contribution in [1.29, 1.82) is 0 Å². The van der Waals surface area contributed by atoms with Crippen LogP contribution in [-0.2, 0) is 0 Å². The lowest BCUT2D eigenvalue weighted by Gasteiger charge is -2.02. The fourth-order valence-electron chi connectivity index (χ4n) is 1.06. The Hall–Kier alpha value is -0.650. The molecule has 0 aliphatic carbocycles. The summed E-state index contributed by atoms with van der Waals surface area (Å²) in [6.07, 6.45) is 0. The molecule has 4 heteroatoms. The second-order valence-electron chi connectivity index (χ2n) is 2.92. The predicted octanol–water partition coefficient (Wildman–Crippen LogP) is 1.89. The maximum absolute atomic E-state index is 12.8. The average Bonchev–Trinajstić information content (AvgIpc) is 2.91. The van der Waals surface area contributed by atoms with Gasteiger partial charge in [-0.2, -0.15) is 0 Å². The standard InChI is InChI=1S/C9H7FINO/c10-7-2-1-6(5-8(7)11)9(13)12-3-4-12/h1-2,5H,3-4H2. The van der Waals surface area contributed by atoms with Crippen molar-refractivity contribution in [2.75, 3.05) is 13.1 Å². The Morgan fingerprint density at radius 3 is 2.69 bits per heavy atom. The Kier molecular flexibility index (Phi) is 2.23. The van der Waals surface area contributed by atoms with E-state index in [2.05, 4.69) is 0 Å². The van der Waals surface area contributed by atoms with Crippen molar-refractivity contribution in [3.8, 4) is 0 Å². The zero-order valence-electron chi connectivity index (χ0n) is 6.76. The van der Waals surface area contributed by atoms with Gasteiger partial charge in [0.25, 0.3) is 5.91 Å². The number of hydrogen-bond donors (Lipinski definition) is 0. The minimum atomic E-state index is -0.275. The van der Waals surface area contributed by atoms with E-state index >= 15 is 0 Å². The summed E-state index contributed by atoms with van der Waals surface area (Å²) in [7, 11) is 0. The third-order valence-electron chi connectivity index (χ3n) is 1.90. The molecule has 0 radical (unpaired) electrons. The van der Waals surface area contributed by atoms with E-state index in [0.29, 0.717) is 9.13 Å². The highest BCUT2D eigenvalue weighted by molar-refractivity contribution is 14.1. The topological polar surface area (TPSA) is 20.1 Å². The van der Waals surface area contributed by atoms with E-state index in [-0.39, 0.29) is 11.7 Å². The molecule has 1 heterocycles. The van der Waals surface area contributed by atoms with Gasteiger partial charge in [-0.3, -0.25) is 4.79 Å². The third-order valence-corrected chi connectivity index (χ3v) is 2.73. The summed E-state index contributed by atoms with van der Waals surface area (Å²) in [5.74, 6) is -0.277. The monoisotopic (exact) mass is 291 g/mol. The van der Waals surface area contributed by atoms with E-state index in [4.69, 9.17) is 0 Å². The van der Waals surface area contributed by atoms with Crippen LogP contribution in [0.3, 0.4) is 0 Å². The first kappa shape index (κ1) is 8.93. The molecule has 1 aliphatic rings. The van der Waals surface area contributed by atoms with Gasteiger partial charge in [-0.15, -0.1) is 0 Å². The summed E-state index contributed by atoms with van der Waals surface area (Å²) in [6, 6.07) is 4.44. The van der Waals surface area contributed by atoms with Crippen molar-refractivity contribution in [3.05, 3.63) is 33.1 Å². The molecule has 1 aliphatic heterocycles. The Bertz CT molecular complexity index is 363. The van der Waals surface area contributed by atoms with Crippen molar-refractivity contribution in [2.24, 2.45) is 0 Å². The first-order valence-corrected chi connectivity index (χ1v) is 5.00. The lowest BCUT2D eigenvalue weighted by Crippen LogP contribution is -2.10. The Labute approximate surface area is 88.9 Å². The van der Waals surface area contributed by atoms with Crippen LogP contribution in [0.1, 0.15) is 10.4 Å². The van der Waals surface area contributed by atoms with Crippen molar-refractivity contribution in [2.45, 2.75) is 0 Å². The van der Waals surface area contributed by atoms with Crippen LogP contribution in [0, 0.1) is 9.39 Å². The summed E-state index contributed by atoms with van der Waals surface area (Å²) in [4.78, 5) is 13.2. The summed E-state index contributed by atoms with van der Waals surface area (Å²) in [5, 5.41) is 0. The molecule has 68 valence electrons. The number of halogens is 2. The van der Waals surface area contributed by atoms with Gasteiger partial charge in [-0.25, -0.2) is 4.39 Å². The molecule has 0 bridgehead atoms. The number of benzene rings is 1. The van der Waals surface area contributed by atoms with Crippen molar-refractivity contribution >= 4 is 28.5 Å². The molecule has 1 aromatic carbocycles. The lowest BCUT2D eigenvalue weighted by atomic mass is 10.2. The normalized spacial score (nSPS) is 14.5. The summed E-state index contributed by atoms with van der Waals surface area (Å²) in [6.45, 7) is 1.65. The molecule has 1 aromatic rings. The first-order chi connectivity index (χ1) is 6.18. The van der Waals surface area contributed by atoms with Crippen LogP contribution in [0.15, 0.2) is 18.2 Å². The van der Waals surface area contributed by atoms with Gasteiger partial charge in [0, 0.05) is 22.2 Å². The number of hydrogen-bond acceptors (Lipinski definition) is 1. The van der Waals surface area contributed by atoms with E-state index in [9.17, 15) is 9.18 Å². The molecule has 0 spiro atoms. The molecule has 2 rings (SSSR count).